The maximum atomic E-state index is 12.2. The molecule has 0 radical (unpaired) electrons. The molecule has 6 nitrogen and oxygen atoms in total. The second kappa shape index (κ2) is 5.40. The Morgan fingerprint density at radius 1 is 1.24 bits per heavy atom. The molecule has 7 heteroatoms. The number of nitrogens with one attached hydrogen (secondary N) is 2. The molecule has 0 aliphatic carbocycles. The van der Waals surface area contributed by atoms with Crippen LogP contribution >= 0.6 is 0 Å². The highest BCUT2D eigenvalue weighted by Gasteiger charge is 2.18. The van der Waals surface area contributed by atoms with E-state index in [4.69, 9.17) is 0 Å². The number of hydrogen-bond donors (Lipinski definition) is 2. The molecule has 1 aliphatic heterocycles. The number of aromatic amines is 1. The molecule has 0 saturated carbocycles. The molecule has 112 valence electrons. The lowest BCUT2D eigenvalue weighted by atomic mass is 10.2. The molecule has 21 heavy (non-hydrogen) atoms. The van der Waals surface area contributed by atoms with Crippen molar-refractivity contribution in [2.75, 3.05) is 22.7 Å². The molecule has 0 spiro atoms. The van der Waals surface area contributed by atoms with Crippen LogP contribution in [0.3, 0.4) is 0 Å². The van der Waals surface area contributed by atoms with Crippen LogP contribution in [0.5, 0.6) is 0 Å². The SMILES string of the molecule is Cc1cc(N2CCCC2)ccc1NS(=O)(=O)c1ccn[nH]1. The van der Waals surface area contributed by atoms with Crippen molar-refractivity contribution in [1.29, 1.82) is 0 Å². The molecule has 2 N–H and O–H groups in total. The lowest BCUT2D eigenvalue weighted by molar-refractivity contribution is 0.597. The molecule has 1 saturated heterocycles. The predicted octanol–water partition coefficient (Wildman–Crippen LogP) is 2.12. The van der Waals surface area contributed by atoms with Crippen LogP contribution in [0.1, 0.15) is 18.4 Å². The second-order valence-electron chi connectivity index (χ2n) is 5.22. The van der Waals surface area contributed by atoms with Gasteiger partial charge in [0.15, 0.2) is 5.03 Å². The summed E-state index contributed by atoms with van der Waals surface area (Å²) in [5, 5.41) is 6.19. The first-order valence-electron chi connectivity index (χ1n) is 6.94. The standard InChI is InChI=1S/C14H18N4O2S/c1-11-10-12(18-8-2-3-9-18)4-5-13(11)17-21(19,20)14-6-7-15-16-14/h4-7,10,17H,2-3,8-9H2,1H3,(H,15,16). The minimum absolute atomic E-state index is 0.0607. The number of benzene rings is 1. The molecule has 1 aromatic carbocycles. The van der Waals surface area contributed by atoms with Crippen molar-refractivity contribution in [3.63, 3.8) is 0 Å². The quantitative estimate of drug-likeness (QED) is 0.907. The van der Waals surface area contributed by atoms with E-state index in [1.807, 2.05) is 25.1 Å². The van der Waals surface area contributed by atoms with Crippen molar-refractivity contribution < 1.29 is 8.42 Å². The van der Waals surface area contributed by atoms with Crippen LogP contribution in [0.25, 0.3) is 0 Å². The van der Waals surface area contributed by atoms with Gasteiger partial charge in [-0.25, -0.2) is 0 Å². The number of H-pyrrole nitrogens is 1. The van der Waals surface area contributed by atoms with Crippen molar-refractivity contribution in [1.82, 2.24) is 10.2 Å². The Morgan fingerprint density at radius 2 is 2.00 bits per heavy atom. The second-order valence-corrected chi connectivity index (χ2v) is 6.87. The van der Waals surface area contributed by atoms with Crippen LogP contribution in [0, 0.1) is 6.92 Å². The first-order chi connectivity index (χ1) is 10.1. The van der Waals surface area contributed by atoms with Crippen LogP contribution in [-0.4, -0.2) is 31.7 Å². The van der Waals surface area contributed by atoms with E-state index in [-0.39, 0.29) is 5.03 Å². The average molecular weight is 306 g/mol. The number of sulfonamides is 1. The maximum Gasteiger partial charge on any atom is 0.278 e. The van der Waals surface area contributed by atoms with Gasteiger partial charge in [0.2, 0.25) is 0 Å². The lowest BCUT2D eigenvalue weighted by Crippen LogP contribution is -2.18. The van der Waals surface area contributed by atoms with E-state index >= 15 is 0 Å². The topological polar surface area (TPSA) is 78.1 Å². The van der Waals surface area contributed by atoms with Crippen molar-refractivity contribution in [3.05, 3.63) is 36.0 Å². The summed E-state index contributed by atoms with van der Waals surface area (Å²) in [7, 11) is -3.61. The average Bonchev–Trinajstić information content (AvgIpc) is 3.14. The Balaban J connectivity index is 1.83. The fourth-order valence-corrected chi connectivity index (χ4v) is 3.57. The minimum atomic E-state index is -3.61. The highest BCUT2D eigenvalue weighted by molar-refractivity contribution is 7.92. The van der Waals surface area contributed by atoms with Gasteiger partial charge in [-0.2, -0.15) is 13.5 Å². The molecule has 3 rings (SSSR count). The van der Waals surface area contributed by atoms with Crippen LogP contribution in [0.4, 0.5) is 11.4 Å². The van der Waals surface area contributed by atoms with E-state index in [0.29, 0.717) is 5.69 Å². The van der Waals surface area contributed by atoms with Crippen molar-refractivity contribution in [2.24, 2.45) is 0 Å². The molecular weight excluding hydrogens is 288 g/mol. The first-order valence-corrected chi connectivity index (χ1v) is 8.42. The fourth-order valence-electron chi connectivity index (χ4n) is 2.53. The number of rotatable bonds is 4. The van der Waals surface area contributed by atoms with E-state index < -0.39 is 10.0 Å². The van der Waals surface area contributed by atoms with Crippen LogP contribution in [-0.2, 0) is 10.0 Å². The number of anilines is 2. The highest BCUT2D eigenvalue weighted by Crippen LogP contribution is 2.26. The summed E-state index contributed by atoms with van der Waals surface area (Å²) in [4.78, 5) is 2.32. The molecule has 0 bridgehead atoms. The monoisotopic (exact) mass is 306 g/mol. The molecule has 0 unspecified atom stereocenters. The summed E-state index contributed by atoms with van der Waals surface area (Å²) in [5.74, 6) is 0. The van der Waals surface area contributed by atoms with Gasteiger partial charge < -0.3 is 4.90 Å². The molecule has 2 heterocycles. The molecule has 1 aromatic heterocycles. The van der Waals surface area contributed by atoms with Crippen molar-refractivity contribution >= 4 is 21.4 Å². The first kappa shape index (κ1) is 13.9. The third-order valence-electron chi connectivity index (χ3n) is 3.69. The van der Waals surface area contributed by atoms with Crippen molar-refractivity contribution in [2.45, 2.75) is 24.8 Å². The number of aryl methyl sites for hydroxylation is 1. The molecular formula is C14H18N4O2S. The third-order valence-corrected chi connectivity index (χ3v) is 4.99. The van der Waals surface area contributed by atoms with Gasteiger partial charge in [-0.15, -0.1) is 0 Å². The smallest absolute Gasteiger partial charge is 0.278 e. The van der Waals surface area contributed by atoms with Gasteiger partial charge in [0, 0.05) is 18.8 Å². The summed E-state index contributed by atoms with van der Waals surface area (Å²) in [6, 6.07) is 7.23. The van der Waals surface area contributed by atoms with Crippen LogP contribution in [0.15, 0.2) is 35.5 Å². The zero-order valence-corrected chi connectivity index (χ0v) is 12.7. The van der Waals surface area contributed by atoms with E-state index in [2.05, 4.69) is 19.8 Å². The summed E-state index contributed by atoms with van der Waals surface area (Å²) in [5.41, 5.74) is 2.64. The van der Waals surface area contributed by atoms with E-state index in [9.17, 15) is 8.42 Å². The zero-order valence-electron chi connectivity index (χ0n) is 11.8. The van der Waals surface area contributed by atoms with Gasteiger partial charge in [-0.05, 0) is 49.6 Å². The summed E-state index contributed by atoms with van der Waals surface area (Å²) >= 11 is 0. The zero-order chi connectivity index (χ0) is 14.9. The van der Waals surface area contributed by atoms with Gasteiger partial charge in [0.25, 0.3) is 10.0 Å². The Hall–Kier alpha value is -2.02. The molecule has 0 amide bonds. The lowest BCUT2D eigenvalue weighted by Gasteiger charge is -2.19. The molecule has 0 atom stereocenters. The summed E-state index contributed by atoms with van der Waals surface area (Å²) < 4.78 is 26.9. The fraction of sp³-hybridized carbons (Fsp3) is 0.357. The largest absolute Gasteiger partial charge is 0.372 e. The molecule has 1 fully saturated rings. The molecule has 2 aromatic rings. The van der Waals surface area contributed by atoms with Gasteiger partial charge in [-0.1, -0.05) is 0 Å². The number of hydrogen-bond acceptors (Lipinski definition) is 4. The normalized spacial score (nSPS) is 15.4. The molecule has 1 aliphatic rings. The highest BCUT2D eigenvalue weighted by atomic mass is 32.2. The van der Waals surface area contributed by atoms with Gasteiger partial charge in [0.05, 0.1) is 11.9 Å². The Morgan fingerprint density at radius 3 is 2.62 bits per heavy atom. The van der Waals surface area contributed by atoms with E-state index in [0.717, 1.165) is 24.3 Å². The Kier molecular flexibility index (Phi) is 3.59. The van der Waals surface area contributed by atoms with E-state index in [1.54, 1.807) is 0 Å². The maximum absolute atomic E-state index is 12.2. The summed E-state index contributed by atoms with van der Waals surface area (Å²) in [6.07, 6.45) is 3.85. The van der Waals surface area contributed by atoms with E-state index in [1.165, 1.54) is 25.1 Å². The Labute approximate surface area is 124 Å². The Bertz CT molecular complexity index is 719. The summed E-state index contributed by atoms with van der Waals surface area (Å²) in [6.45, 7) is 4.04. The predicted molar refractivity (Wildman–Crippen MR) is 82.0 cm³/mol. The van der Waals surface area contributed by atoms with Crippen LogP contribution < -0.4 is 9.62 Å². The third kappa shape index (κ3) is 2.87. The van der Waals surface area contributed by atoms with Crippen molar-refractivity contribution in [3.8, 4) is 0 Å². The number of aromatic nitrogens is 2. The van der Waals surface area contributed by atoms with Gasteiger partial charge in [-0.3, -0.25) is 9.82 Å². The number of nitrogens with zero attached hydrogens (tertiary/aromatic N) is 2. The minimum Gasteiger partial charge on any atom is -0.372 e. The van der Waals surface area contributed by atoms with Gasteiger partial charge in [0.1, 0.15) is 0 Å². The van der Waals surface area contributed by atoms with Crippen LogP contribution in [0.2, 0.25) is 0 Å². The van der Waals surface area contributed by atoms with Gasteiger partial charge >= 0.3 is 0 Å².